The Morgan fingerprint density at radius 1 is 1.25 bits per heavy atom. The topological polar surface area (TPSA) is 9.23 Å². The van der Waals surface area contributed by atoms with Crippen molar-refractivity contribution in [2.75, 3.05) is 7.11 Å². The van der Waals surface area contributed by atoms with Crippen LogP contribution in [0.1, 0.15) is 14.6 Å². The fraction of sp³-hybridized carbons (Fsp3) is 0.200. The van der Waals surface area contributed by atoms with E-state index in [1.54, 1.807) is 29.8 Å². The number of halogens is 3. The van der Waals surface area contributed by atoms with Crippen molar-refractivity contribution in [1.29, 1.82) is 0 Å². The summed E-state index contributed by atoms with van der Waals surface area (Å²) in [6, 6.07) is 4.19. The van der Waals surface area contributed by atoms with Crippen LogP contribution in [0.4, 0.5) is 0 Å². The van der Waals surface area contributed by atoms with E-state index in [0.29, 0.717) is 0 Å². The van der Waals surface area contributed by atoms with Crippen molar-refractivity contribution in [2.45, 2.75) is 4.83 Å². The second-order valence-corrected chi connectivity index (χ2v) is 8.14. The molecule has 0 N–H and O–H groups in total. The van der Waals surface area contributed by atoms with Gasteiger partial charge in [0.25, 0.3) is 0 Å². The summed E-state index contributed by atoms with van der Waals surface area (Å²) in [6.07, 6.45) is 0. The average molecular weight is 447 g/mol. The molecule has 86 valence electrons. The highest BCUT2D eigenvalue weighted by molar-refractivity contribution is 9.13. The van der Waals surface area contributed by atoms with Crippen LogP contribution in [0.5, 0.6) is 5.75 Å². The lowest BCUT2D eigenvalue weighted by Crippen LogP contribution is -1.84. The predicted octanol–water partition coefficient (Wildman–Crippen LogP) is 5.83. The van der Waals surface area contributed by atoms with Crippen molar-refractivity contribution in [3.63, 3.8) is 0 Å². The molecule has 1 nitrogen and oxygen atoms in total. The molecule has 0 radical (unpaired) electrons. The molecule has 0 bridgehead atoms. The minimum absolute atomic E-state index is 0.231. The number of ether oxygens (including phenoxy) is 1. The van der Waals surface area contributed by atoms with Gasteiger partial charge in [-0.25, -0.2) is 0 Å². The molecule has 0 spiro atoms. The molecule has 0 aliphatic rings. The zero-order valence-electron chi connectivity index (χ0n) is 8.17. The molecule has 1 atom stereocenters. The van der Waals surface area contributed by atoms with E-state index < -0.39 is 0 Å². The SMILES string of the molecule is COc1csc(C(Br)c2cc(Br)c(Br)s2)c1. The van der Waals surface area contributed by atoms with Gasteiger partial charge in [0.05, 0.1) is 15.7 Å². The lowest BCUT2D eigenvalue weighted by molar-refractivity contribution is 0.416. The molecule has 2 aromatic rings. The first-order valence-corrected chi connectivity index (χ1v) is 8.53. The molecule has 0 saturated carbocycles. The average Bonchev–Trinajstić information content (AvgIpc) is 2.86. The third-order valence-electron chi connectivity index (χ3n) is 2.00. The van der Waals surface area contributed by atoms with E-state index in [0.717, 1.165) is 14.0 Å². The molecular weight excluding hydrogens is 440 g/mol. The van der Waals surface area contributed by atoms with Crippen LogP contribution >= 0.6 is 70.5 Å². The van der Waals surface area contributed by atoms with Crippen LogP contribution in [0.15, 0.2) is 25.8 Å². The molecule has 0 aliphatic heterocycles. The monoisotopic (exact) mass is 444 g/mol. The quantitative estimate of drug-likeness (QED) is 0.539. The summed E-state index contributed by atoms with van der Waals surface area (Å²) in [6.45, 7) is 0. The summed E-state index contributed by atoms with van der Waals surface area (Å²) in [4.78, 5) is 2.75. The Hall–Kier alpha value is 0.640. The number of thiophene rings is 2. The second kappa shape index (κ2) is 5.52. The maximum Gasteiger partial charge on any atom is 0.129 e. The Morgan fingerprint density at radius 2 is 2.00 bits per heavy atom. The number of hydrogen-bond donors (Lipinski definition) is 0. The van der Waals surface area contributed by atoms with Crippen molar-refractivity contribution in [2.24, 2.45) is 0 Å². The van der Waals surface area contributed by atoms with Crippen molar-refractivity contribution in [3.8, 4) is 5.75 Å². The molecular formula is C10H7Br3OS2. The molecule has 2 heterocycles. The Bertz CT molecular complexity index is 472. The predicted molar refractivity (Wildman–Crippen MR) is 81.4 cm³/mol. The van der Waals surface area contributed by atoms with Crippen LogP contribution in [0, 0.1) is 0 Å². The Kier molecular flexibility index (Phi) is 4.51. The molecule has 2 rings (SSSR count). The number of methoxy groups -OCH3 is 1. The van der Waals surface area contributed by atoms with E-state index in [1.165, 1.54) is 9.75 Å². The molecule has 16 heavy (non-hydrogen) atoms. The Balaban J connectivity index is 2.27. The van der Waals surface area contributed by atoms with Gasteiger partial charge in [0.2, 0.25) is 0 Å². The van der Waals surface area contributed by atoms with Gasteiger partial charge in [-0.3, -0.25) is 0 Å². The maximum absolute atomic E-state index is 5.18. The summed E-state index contributed by atoms with van der Waals surface area (Å²) in [5.41, 5.74) is 0. The van der Waals surface area contributed by atoms with E-state index >= 15 is 0 Å². The van der Waals surface area contributed by atoms with Gasteiger partial charge < -0.3 is 4.74 Å². The van der Waals surface area contributed by atoms with Gasteiger partial charge in [0, 0.05) is 19.6 Å². The first-order chi connectivity index (χ1) is 7.61. The third-order valence-corrected chi connectivity index (χ3v) is 7.88. The van der Waals surface area contributed by atoms with E-state index in [1.807, 2.05) is 5.38 Å². The number of alkyl halides is 1. The fourth-order valence-corrected chi connectivity index (χ4v) is 5.08. The largest absolute Gasteiger partial charge is 0.496 e. The minimum Gasteiger partial charge on any atom is -0.496 e. The molecule has 0 aliphatic carbocycles. The van der Waals surface area contributed by atoms with Crippen molar-refractivity contribution >= 4 is 70.5 Å². The number of rotatable bonds is 3. The smallest absolute Gasteiger partial charge is 0.129 e. The lowest BCUT2D eigenvalue weighted by Gasteiger charge is -2.03. The van der Waals surface area contributed by atoms with Crippen LogP contribution in [-0.4, -0.2) is 7.11 Å². The van der Waals surface area contributed by atoms with Crippen LogP contribution in [0.3, 0.4) is 0 Å². The van der Waals surface area contributed by atoms with Crippen molar-refractivity contribution < 1.29 is 4.74 Å². The summed E-state index contributed by atoms with van der Waals surface area (Å²) >= 11 is 14.1. The van der Waals surface area contributed by atoms with Crippen LogP contribution < -0.4 is 4.74 Å². The molecule has 0 fully saturated rings. The molecule has 0 aromatic carbocycles. The highest BCUT2D eigenvalue weighted by atomic mass is 79.9. The highest BCUT2D eigenvalue weighted by Gasteiger charge is 2.17. The zero-order valence-corrected chi connectivity index (χ0v) is 14.6. The first kappa shape index (κ1) is 13.1. The van der Waals surface area contributed by atoms with Gasteiger partial charge in [0.1, 0.15) is 5.75 Å². The highest BCUT2D eigenvalue weighted by Crippen LogP contribution is 2.43. The van der Waals surface area contributed by atoms with Crippen LogP contribution in [0.2, 0.25) is 0 Å². The first-order valence-electron chi connectivity index (χ1n) is 4.33. The van der Waals surface area contributed by atoms with Crippen LogP contribution in [0.25, 0.3) is 0 Å². The van der Waals surface area contributed by atoms with E-state index in [9.17, 15) is 0 Å². The molecule has 2 aromatic heterocycles. The Morgan fingerprint density at radius 3 is 2.50 bits per heavy atom. The molecule has 0 amide bonds. The Labute approximate surface area is 127 Å². The van der Waals surface area contributed by atoms with Gasteiger partial charge >= 0.3 is 0 Å². The lowest BCUT2D eigenvalue weighted by atomic mass is 10.3. The normalized spacial score (nSPS) is 12.8. The summed E-state index contributed by atoms with van der Waals surface area (Å²) in [7, 11) is 1.69. The van der Waals surface area contributed by atoms with Gasteiger partial charge in [-0.1, -0.05) is 15.9 Å². The zero-order chi connectivity index (χ0) is 11.7. The van der Waals surface area contributed by atoms with E-state index in [4.69, 9.17) is 4.74 Å². The summed E-state index contributed by atoms with van der Waals surface area (Å²) < 4.78 is 7.40. The molecule has 0 saturated heterocycles. The van der Waals surface area contributed by atoms with Gasteiger partial charge in [0.15, 0.2) is 0 Å². The van der Waals surface area contributed by atoms with Crippen molar-refractivity contribution in [3.05, 3.63) is 35.5 Å². The fourth-order valence-electron chi connectivity index (χ4n) is 1.20. The van der Waals surface area contributed by atoms with Crippen molar-refractivity contribution in [1.82, 2.24) is 0 Å². The molecule has 6 heteroatoms. The van der Waals surface area contributed by atoms with Gasteiger partial charge in [-0.15, -0.1) is 22.7 Å². The van der Waals surface area contributed by atoms with Gasteiger partial charge in [-0.2, -0.15) is 0 Å². The maximum atomic E-state index is 5.18. The van der Waals surface area contributed by atoms with Gasteiger partial charge in [-0.05, 0) is 44.0 Å². The van der Waals surface area contributed by atoms with Crippen LogP contribution in [-0.2, 0) is 0 Å². The standard InChI is InChI=1S/C10H7Br3OS2/c1-14-5-2-7(15-4-5)9(12)8-3-6(11)10(13)16-8/h2-4,9H,1H3. The third kappa shape index (κ3) is 2.72. The van der Waals surface area contributed by atoms with E-state index in [-0.39, 0.29) is 4.83 Å². The minimum atomic E-state index is 0.231. The second-order valence-electron chi connectivity index (χ2n) is 3.02. The molecule has 1 unspecified atom stereocenters. The van der Waals surface area contributed by atoms with E-state index in [2.05, 4.69) is 59.9 Å². The number of hydrogen-bond acceptors (Lipinski definition) is 3. The summed E-state index contributed by atoms with van der Waals surface area (Å²) in [5.74, 6) is 0.916. The summed E-state index contributed by atoms with van der Waals surface area (Å²) in [5, 5.41) is 2.02.